The summed E-state index contributed by atoms with van der Waals surface area (Å²) in [4.78, 5) is 20.3. The summed E-state index contributed by atoms with van der Waals surface area (Å²) in [6.07, 6.45) is 1.94. The zero-order valence-corrected chi connectivity index (χ0v) is 22.4. The van der Waals surface area contributed by atoms with Gasteiger partial charge in [0, 0.05) is 25.2 Å². The Labute approximate surface area is 222 Å². The predicted molar refractivity (Wildman–Crippen MR) is 150 cm³/mol. The van der Waals surface area contributed by atoms with E-state index >= 15 is 0 Å². The van der Waals surface area contributed by atoms with Gasteiger partial charge in [-0.25, -0.2) is 9.97 Å². The van der Waals surface area contributed by atoms with Crippen LogP contribution in [0.3, 0.4) is 0 Å². The number of H-pyrrole nitrogens is 2. The summed E-state index contributed by atoms with van der Waals surface area (Å²) in [6.45, 7) is 3.33. The van der Waals surface area contributed by atoms with E-state index in [-0.39, 0.29) is 0 Å². The Bertz CT molecular complexity index is 1380. The number of aromatic nitrogens is 6. The molecule has 0 saturated carbocycles. The summed E-state index contributed by atoms with van der Waals surface area (Å²) < 4.78 is 11.8. The summed E-state index contributed by atoms with van der Waals surface area (Å²) in [7, 11) is 8.24. The molecule has 2 N–H and O–H groups in total. The Morgan fingerprint density at radius 1 is 0.632 bits per heavy atom. The zero-order valence-electron chi connectivity index (χ0n) is 22.4. The minimum absolute atomic E-state index is 0.655. The summed E-state index contributed by atoms with van der Waals surface area (Å²) in [5.41, 5.74) is 4.80. The van der Waals surface area contributed by atoms with Crippen LogP contribution in [0.15, 0.2) is 48.5 Å². The van der Waals surface area contributed by atoms with Gasteiger partial charge in [-0.2, -0.15) is 0 Å². The van der Waals surface area contributed by atoms with Crippen LogP contribution in [0.1, 0.15) is 12.8 Å². The largest absolute Gasteiger partial charge is 0.493 e. The third-order valence-corrected chi connectivity index (χ3v) is 6.09. The minimum atomic E-state index is 0.655. The minimum Gasteiger partial charge on any atom is -0.493 e. The standard InChI is InChI=1S/C28H34N8O2/c1-35(2)13-5-15-37-19-7-9-21-25(17-19)31-27(29-21)23-11-12-24(34-33-23)28-30-22-10-8-20(18-26(22)32-28)38-16-6-14-36(3)4/h7-12,17-18H,5-6,13-16H2,1-4H3,(H,29,31)(H,30,32). The number of fused-ring (bicyclic) bond motifs is 2. The van der Waals surface area contributed by atoms with Gasteiger partial charge < -0.3 is 29.2 Å². The lowest BCUT2D eigenvalue weighted by molar-refractivity contribution is 0.282. The van der Waals surface area contributed by atoms with Gasteiger partial charge in [0.2, 0.25) is 0 Å². The molecule has 0 fully saturated rings. The smallest absolute Gasteiger partial charge is 0.159 e. The third kappa shape index (κ3) is 6.27. The molecule has 10 heteroatoms. The van der Waals surface area contributed by atoms with Crippen molar-refractivity contribution in [2.75, 3.05) is 54.5 Å². The molecule has 0 amide bonds. The van der Waals surface area contributed by atoms with Gasteiger partial charge in [0.1, 0.15) is 22.9 Å². The number of nitrogens with one attached hydrogen (secondary N) is 2. The van der Waals surface area contributed by atoms with E-state index in [1.165, 1.54) is 0 Å². The molecule has 0 unspecified atom stereocenters. The van der Waals surface area contributed by atoms with E-state index in [2.05, 4.69) is 68.1 Å². The van der Waals surface area contributed by atoms with E-state index in [4.69, 9.17) is 9.47 Å². The van der Waals surface area contributed by atoms with Crippen LogP contribution in [0.25, 0.3) is 45.1 Å². The maximum Gasteiger partial charge on any atom is 0.159 e. The molecular weight excluding hydrogens is 480 g/mol. The van der Waals surface area contributed by atoms with Gasteiger partial charge in [-0.3, -0.25) is 0 Å². The van der Waals surface area contributed by atoms with Crippen molar-refractivity contribution in [1.29, 1.82) is 0 Å². The first-order valence-corrected chi connectivity index (χ1v) is 12.8. The molecule has 10 nitrogen and oxygen atoms in total. The highest BCUT2D eigenvalue weighted by Gasteiger charge is 2.12. The van der Waals surface area contributed by atoms with Gasteiger partial charge in [0.05, 0.1) is 35.3 Å². The second-order valence-electron chi connectivity index (χ2n) is 9.84. The van der Waals surface area contributed by atoms with Gasteiger partial charge >= 0.3 is 0 Å². The Morgan fingerprint density at radius 3 is 1.47 bits per heavy atom. The number of aromatic amines is 2. The number of rotatable bonds is 12. The molecule has 3 heterocycles. The molecule has 0 aliphatic rings. The van der Waals surface area contributed by atoms with Crippen molar-refractivity contribution in [3.63, 3.8) is 0 Å². The summed E-state index contributed by atoms with van der Waals surface area (Å²) >= 11 is 0. The van der Waals surface area contributed by atoms with Crippen LogP contribution in [0, 0.1) is 0 Å². The van der Waals surface area contributed by atoms with Crippen molar-refractivity contribution >= 4 is 22.1 Å². The first-order valence-electron chi connectivity index (χ1n) is 12.8. The molecule has 0 aliphatic heterocycles. The molecule has 198 valence electrons. The maximum atomic E-state index is 5.89. The molecule has 0 spiro atoms. The molecule has 0 radical (unpaired) electrons. The van der Waals surface area contributed by atoms with Gasteiger partial charge in [-0.1, -0.05) is 0 Å². The number of imidazole rings is 2. The Hall–Kier alpha value is -4.02. The Balaban J connectivity index is 1.26. The molecule has 0 aliphatic carbocycles. The fourth-order valence-electron chi connectivity index (χ4n) is 4.13. The van der Waals surface area contributed by atoms with Crippen molar-refractivity contribution in [1.82, 2.24) is 39.9 Å². The molecule has 3 aromatic heterocycles. The predicted octanol–water partition coefficient (Wildman–Crippen LogP) is 4.22. The molecule has 0 bridgehead atoms. The van der Waals surface area contributed by atoms with Crippen molar-refractivity contribution in [3.8, 4) is 34.5 Å². The monoisotopic (exact) mass is 514 g/mol. The molecule has 5 rings (SSSR count). The number of hydrogen-bond donors (Lipinski definition) is 2. The van der Waals surface area contributed by atoms with Crippen LogP contribution < -0.4 is 9.47 Å². The van der Waals surface area contributed by atoms with Crippen LogP contribution in [-0.2, 0) is 0 Å². The highest BCUT2D eigenvalue weighted by Crippen LogP contribution is 2.25. The van der Waals surface area contributed by atoms with E-state index < -0.39 is 0 Å². The number of benzene rings is 2. The van der Waals surface area contributed by atoms with Gasteiger partial charge in [0.25, 0.3) is 0 Å². The number of ether oxygens (including phenoxy) is 2. The quantitative estimate of drug-likeness (QED) is 0.238. The number of nitrogens with zero attached hydrogens (tertiary/aromatic N) is 6. The molecule has 0 saturated heterocycles. The molecule has 2 aromatic carbocycles. The van der Waals surface area contributed by atoms with E-state index in [1.807, 2.05) is 48.5 Å². The fraction of sp³-hybridized carbons (Fsp3) is 0.357. The molecule has 38 heavy (non-hydrogen) atoms. The van der Waals surface area contributed by atoms with E-state index in [0.717, 1.165) is 59.5 Å². The molecule has 0 atom stereocenters. The van der Waals surface area contributed by atoms with Gasteiger partial charge in [0.15, 0.2) is 11.6 Å². The first-order chi connectivity index (χ1) is 18.4. The Morgan fingerprint density at radius 2 is 1.08 bits per heavy atom. The first kappa shape index (κ1) is 25.6. The lowest BCUT2D eigenvalue weighted by atomic mass is 10.3. The topological polar surface area (TPSA) is 108 Å². The highest BCUT2D eigenvalue weighted by molar-refractivity contribution is 5.81. The van der Waals surface area contributed by atoms with Crippen molar-refractivity contribution < 1.29 is 9.47 Å². The number of hydrogen-bond acceptors (Lipinski definition) is 8. The van der Waals surface area contributed by atoms with E-state index in [0.29, 0.717) is 36.3 Å². The lowest BCUT2D eigenvalue weighted by Crippen LogP contribution is -2.15. The van der Waals surface area contributed by atoms with Crippen LogP contribution in [0.4, 0.5) is 0 Å². The van der Waals surface area contributed by atoms with Gasteiger partial charge in [-0.05, 0) is 77.4 Å². The van der Waals surface area contributed by atoms with Crippen LogP contribution in [0.2, 0.25) is 0 Å². The van der Waals surface area contributed by atoms with Crippen molar-refractivity contribution in [2.45, 2.75) is 12.8 Å². The van der Waals surface area contributed by atoms with Gasteiger partial charge in [-0.15, -0.1) is 10.2 Å². The maximum absolute atomic E-state index is 5.89. The SMILES string of the molecule is CN(C)CCCOc1ccc2nc(-c3ccc(-c4nc5ccc(OCCCN(C)C)cc5[nH]4)nn3)[nH]c2c1. The fourth-order valence-corrected chi connectivity index (χ4v) is 4.13. The molecule has 5 aromatic rings. The van der Waals surface area contributed by atoms with Crippen molar-refractivity contribution in [2.24, 2.45) is 0 Å². The highest BCUT2D eigenvalue weighted by atomic mass is 16.5. The van der Waals surface area contributed by atoms with E-state index in [9.17, 15) is 0 Å². The summed E-state index contributed by atoms with van der Waals surface area (Å²) in [5, 5.41) is 8.81. The molecular formula is C28H34N8O2. The zero-order chi connectivity index (χ0) is 26.5. The van der Waals surface area contributed by atoms with Crippen LogP contribution in [0.5, 0.6) is 11.5 Å². The summed E-state index contributed by atoms with van der Waals surface area (Å²) in [5.74, 6) is 2.95. The summed E-state index contributed by atoms with van der Waals surface area (Å²) in [6, 6.07) is 15.5. The lowest BCUT2D eigenvalue weighted by Gasteiger charge is -2.10. The van der Waals surface area contributed by atoms with Crippen LogP contribution in [-0.4, -0.2) is 94.4 Å². The average Bonchev–Trinajstić information content (AvgIpc) is 3.53. The third-order valence-electron chi connectivity index (χ3n) is 6.09. The van der Waals surface area contributed by atoms with Crippen LogP contribution >= 0.6 is 0 Å². The normalized spacial score (nSPS) is 11.7. The van der Waals surface area contributed by atoms with E-state index in [1.54, 1.807) is 0 Å². The second-order valence-corrected chi connectivity index (χ2v) is 9.84. The average molecular weight is 515 g/mol. The second kappa shape index (κ2) is 11.6. The Kier molecular flexibility index (Phi) is 7.81. The van der Waals surface area contributed by atoms with Crippen molar-refractivity contribution in [3.05, 3.63) is 48.5 Å².